The molecule has 1 aliphatic rings. The largest absolute Gasteiger partial charge is 0.369 e. The maximum Gasteiger partial charge on any atom is 0.288 e. The third kappa shape index (κ3) is 3.10. The molecule has 0 aromatic heterocycles. The quantitative estimate of drug-likeness (QED) is 0.836. The molecule has 2 nitrogen and oxygen atoms in total. The van der Waals surface area contributed by atoms with Gasteiger partial charge in [0.25, 0.3) is 5.76 Å². The van der Waals surface area contributed by atoms with Crippen LogP contribution in [0.1, 0.15) is 6.42 Å². The average molecular weight is 258 g/mol. The highest BCUT2D eigenvalue weighted by Gasteiger charge is 2.23. The van der Waals surface area contributed by atoms with E-state index in [9.17, 15) is 8.78 Å². The summed E-state index contributed by atoms with van der Waals surface area (Å²) in [7, 11) is 1.94. The molecular weight excluding hydrogens is 242 g/mol. The Morgan fingerprint density at radius 3 is 2.82 bits per heavy atom. The molecule has 0 amide bonds. The predicted molar refractivity (Wildman–Crippen MR) is 68.0 cm³/mol. The number of benzene rings is 1. The van der Waals surface area contributed by atoms with Gasteiger partial charge in [0.05, 0.1) is 5.69 Å². The van der Waals surface area contributed by atoms with Crippen LogP contribution in [0.4, 0.5) is 14.5 Å². The number of nitrogens with zero attached hydrogens (tertiary/aromatic N) is 1. The average Bonchev–Trinajstić information content (AvgIpc) is 2.77. The molecule has 0 spiro atoms. The van der Waals surface area contributed by atoms with Gasteiger partial charge in [-0.1, -0.05) is 23.9 Å². The number of halogens is 2. The minimum absolute atomic E-state index is 0.458. The zero-order valence-electron chi connectivity index (χ0n) is 9.70. The summed E-state index contributed by atoms with van der Waals surface area (Å²) in [5, 5.41) is 3.23. The van der Waals surface area contributed by atoms with Gasteiger partial charge in [-0.2, -0.15) is 8.78 Å². The number of rotatable bonds is 4. The molecular formula is C12H16F2N2S. The van der Waals surface area contributed by atoms with Gasteiger partial charge >= 0.3 is 0 Å². The van der Waals surface area contributed by atoms with E-state index in [-0.39, 0.29) is 0 Å². The molecule has 0 radical (unpaired) electrons. The predicted octanol–water partition coefficient (Wildman–Crippen LogP) is 2.80. The van der Waals surface area contributed by atoms with Crippen LogP contribution in [0, 0.1) is 0 Å². The molecule has 1 atom stereocenters. The van der Waals surface area contributed by atoms with Crippen LogP contribution in [0.15, 0.2) is 29.2 Å². The van der Waals surface area contributed by atoms with E-state index in [2.05, 4.69) is 10.2 Å². The van der Waals surface area contributed by atoms with E-state index in [1.807, 2.05) is 19.2 Å². The lowest BCUT2D eigenvalue weighted by Gasteiger charge is -2.21. The molecule has 0 saturated carbocycles. The second-order valence-electron chi connectivity index (χ2n) is 4.07. The molecule has 1 heterocycles. The third-order valence-corrected chi connectivity index (χ3v) is 3.80. The first-order chi connectivity index (χ1) is 8.20. The second-order valence-corrected chi connectivity index (χ2v) is 5.10. The summed E-state index contributed by atoms with van der Waals surface area (Å²) < 4.78 is 24.9. The zero-order chi connectivity index (χ0) is 12.3. The van der Waals surface area contributed by atoms with E-state index in [1.165, 1.54) is 0 Å². The van der Waals surface area contributed by atoms with Gasteiger partial charge in [-0.3, -0.25) is 0 Å². The van der Waals surface area contributed by atoms with Crippen molar-refractivity contribution < 1.29 is 8.78 Å². The van der Waals surface area contributed by atoms with Crippen LogP contribution in [0.25, 0.3) is 0 Å². The SMILES string of the molecule is CNC1CCN(c2ccccc2SC(F)F)C1. The lowest BCUT2D eigenvalue weighted by atomic mass is 10.3. The Morgan fingerprint density at radius 1 is 1.41 bits per heavy atom. The van der Waals surface area contributed by atoms with E-state index in [1.54, 1.807) is 12.1 Å². The Labute approximate surface area is 104 Å². The lowest BCUT2D eigenvalue weighted by Crippen LogP contribution is -2.29. The van der Waals surface area contributed by atoms with Crippen LogP contribution in [-0.2, 0) is 0 Å². The molecule has 1 fully saturated rings. The Morgan fingerprint density at radius 2 is 2.18 bits per heavy atom. The fourth-order valence-corrected chi connectivity index (χ4v) is 2.80. The first-order valence-corrected chi connectivity index (χ1v) is 6.54. The van der Waals surface area contributed by atoms with E-state index < -0.39 is 5.76 Å². The molecule has 0 aliphatic carbocycles. The Kier molecular flexibility index (Phi) is 4.23. The molecule has 5 heteroatoms. The molecule has 17 heavy (non-hydrogen) atoms. The summed E-state index contributed by atoms with van der Waals surface area (Å²) in [5.41, 5.74) is 0.926. The molecule has 1 unspecified atom stereocenters. The molecule has 94 valence electrons. The van der Waals surface area contributed by atoms with Crippen LogP contribution in [0.2, 0.25) is 0 Å². The minimum atomic E-state index is -2.36. The normalized spacial score (nSPS) is 20.2. The first-order valence-electron chi connectivity index (χ1n) is 5.66. The Balaban J connectivity index is 2.14. The van der Waals surface area contributed by atoms with Crippen molar-refractivity contribution in [2.24, 2.45) is 0 Å². The van der Waals surface area contributed by atoms with Crippen molar-refractivity contribution in [1.82, 2.24) is 5.32 Å². The maximum absolute atomic E-state index is 12.5. The van der Waals surface area contributed by atoms with Crippen LogP contribution in [0.5, 0.6) is 0 Å². The van der Waals surface area contributed by atoms with Gasteiger partial charge in [0.2, 0.25) is 0 Å². The van der Waals surface area contributed by atoms with Crippen LogP contribution in [-0.4, -0.2) is 31.9 Å². The smallest absolute Gasteiger partial charge is 0.288 e. The number of hydrogen-bond acceptors (Lipinski definition) is 3. The van der Waals surface area contributed by atoms with Gasteiger partial charge in [-0.05, 0) is 25.6 Å². The fraction of sp³-hybridized carbons (Fsp3) is 0.500. The number of alkyl halides is 2. The summed E-state index contributed by atoms with van der Waals surface area (Å²) in [5.74, 6) is -2.36. The molecule has 1 saturated heterocycles. The standard InChI is InChI=1S/C12H16F2N2S/c1-15-9-6-7-16(8-9)10-4-2-3-5-11(10)17-12(13)14/h2-5,9,12,15H,6-8H2,1H3. The number of para-hydroxylation sites is 1. The molecule has 1 aromatic carbocycles. The second kappa shape index (κ2) is 5.69. The highest BCUT2D eigenvalue weighted by Crippen LogP contribution is 2.35. The van der Waals surface area contributed by atoms with Crippen molar-refractivity contribution in [3.8, 4) is 0 Å². The van der Waals surface area contributed by atoms with Crippen molar-refractivity contribution in [1.29, 1.82) is 0 Å². The fourth-order valence-electron chi connectivity index (χ4n) is 2.13. The van der Waals surface area contributed by atoms with Crippen molar-refractivity contribution in [2.45, 2.75) is 23.1 Å². The maximum atomic E-state index is 12.5. The zero-order valence-corrected chi connectivity index (χ0v) is 10.5. The lowest BCUT2D eigenvalue weighted by molar-refractivity contribution is 0.252. The Bertz CT molecular complexity index is 373. The first kappa shape index (κ1) is 12.6. The van der Waals surface area contributed by atoms with Crippen LogP contribution < -0.4 is 10.2 Å². The van der Waals surface area contributed by atoms with E-state index in [0.717, 1.165) is 25.2 Å². The van der Waals surface area contributed by atoms with Gasteiger partial charge in [-0.15, -0.1) is 0 Å². The van der Waals surface area contributed by atoms with Gasteiger partial charge in [0.1, 0.15) is 0 Å². The van der Waals surface area contributed by atoms with E-state index >= 15 is 0 Å². The van der Waals surface area contributed by atoms with Gasteiger partial charge in [-0.25, -0.2) is 0 Å². The van der Waals surface area contributed by atoms with Crippen LogP contribution >= 0.6 is 11.8 Å². The van der Waals surface area contributed by atoms with Crippen molar-refractivity contribution in [2.75, 3.05) is 25.0 Å². The van der Waals surface area contributed by atoms with Crippen molar-refractivity contribution in [3.05, 3.63) is 24.3 Å². The Hall–Kier alpha value is -0.810. The van der Waals surface area contributed by atoms with Gasteiger partial charge < -0.3 is 10.2 Å². The highest BCUT2D eigenvalue weighted by molar-refractivity contribution is 7.99. The molecule has 1 N–H and O–H groups in total. The summed E-state index contributed by atoms with van der Waals surface area (Å²) in [6.45, 7) is 1.81. The molecule has 1 aromatic rings. The number of hydrogen-bond donors (Lipinski definition) is 1. The number of likely N-dealkylation sites (N-methyl/N-ethyl adjacent to an activating group) is 1. The summed E-state index contributed by atoms with van der Waals surface area (Å²) in [6.07, 6.45) is 1.06. The highest BCUT2D eigenvalue weighted by atomic mass is 32.2. The third-order valence-electron chi connectivity index (χ3n) is 3.02. The van der Waals surface area contributed by atoms with Crippen LogP contribution in [0.3, 0.4) is 0 Å². The number of thioether (sulfide) groups is 1. The van der Waals surface area contributed by atoms with E-state index in [4.69, 9.17) is 0 Å². The molecule has 1 aliphatic heterocycles. The van der Waals surface area contributed by atoms with E-state index in [0.29, 0.717) is 22.7 Å². The topological polar surface area (TPSA) is 15.3 Å². The van der Waals surface area contributed by atoms with Crippen molar-refractivity contribution in [3.63, 3.8) is 0 Å². The molecule has 0 bridgehead atoms. The van der Waals surface area contributed by atoms with Gasteiger partial charge in [0.15, 0.2) is 0 Å². The van der Waals surface area contributed by atoms with Crippen molar-refractivity contribution >= 4 is 17.4 Å². The number of anilines is 1. The summed E-state index contributed by atoms with van der Waals surface area (Å²) >= 11 is 0.625. The number of nitrogens with one attached hydrogen (secondary N) is 1. The monoisotopic (exact) mass is 258 g/mol. The molecule has 2 rings (SSSR count). The van der Waals surface area contributed by atoms with Gasteiger partial charge in [0, 0.05) is 24.0 Å². The summed E-state index contributed by atoms with van der Waals surface area (Å²) in [4.78, 5) is 2.84. The minimum Gasteiger partial charge on any atom is -0.369 e. The summed E-state index contributed by atoms with van der Waals surface area (Å²) in [6, 6.07) is 7.85.